The fourth-order valence-corrected chi connectivity index (χ4v) is 2.77. The molecule has 0 saturated heterocycles. The molecule has 1 aromatic heterocycles. The Bertz CT molecular complexity index is 1050. The van der Waals surface area contributed by atoms with Crippen LogP contribution in [-0.4, -0.2) is 28.0 Å². The zero-order valence-electron chi connectivity index (χ0n) is 16.7. The van der Waals surface area contributed by atoms with Gasteiger partial charge in [-0.05, 0) is 47.9 Å². The third-order valence-electron chi connectivity index (χ3n) is 4.41. The van der Waals surface area contributed by atoms with E-state index in [4.69, 9.17) is 0 Å². The molecule has 1 heterocycles. The molecule has 2 aromatic carbocycles. The molecule has 30 heavy (non-hydrogen) atoms. The number of benzene rings is 2. The van der Waals surface area contributed by atoms with Crippen LogP contribution in [0.4, 0.5) is 28.7 Å². The van der Waals surface area contributed by atoms with Crippen LogP contribution in [0.25, 0.3) is 0 Å². The third kappa shape index (κ3) is 4.69. The highest BCUT2D eigenvalue weighted by atomic mass is 16.6. The molecule has 0 amide bonds. The molecular formula is C21H21N5O4. The number of carbonyl (C=O) groups is 1. The van der Waals surface area contributed by atoms with Crippen molar-refractivity contribution in [1.82, 2.24) is 9.97 Å². The number of methoxy groups -OCH3 is 1. The Balaban J connectivity index is 1.87. The Labute approximate surface area is 173 Å². The fraction of sp³-hybridized carbons (Fsp3) is 0.190. The number of nitrogens with one attached hydrogen (secondary N) is 2. The predicted molar refractivity (Wildman–Crippen MR) is 114 cm³/mol. The minimum Gasteiger partial charge on any atom is -0.465 e. The first-order chi connectivity index (χ1) is 14.4. The van der Waals surface area contributed by atoms with Crippen LogP contribution in [-0.2, 0) is 4.74 Å². The first kappa shape index (κ1) is 20.7. The smallest absolute Gasteiger partial charge is 0.353 e. The maximum absolute atomic E-state index is 11.7. The van der Waals surface area contributed by atoms with Crippen LogP contribution in [0.15, 0.2) is 54.9 Å². The lowest BCUT2D eigenvalue weighted by molar-refractivity contribution is -0.383. The lowest BCUT2D eigenvalue weighted by Gasteiger charge is -2.11. The molecule has 0 aliphatic rings. The summed E-state index contributed by atoms with van der Waals surface area (Å²) in [4.78, 5) is 30.8. The Morgan fingerprint density at radius 2 is 1.47 bits per heavy atom. The van der Waals surface area contributed by atoms with Gasteiger partial charge in [0, 0.05) is 11.4 Å². The molecule has 9 heteroatoms. The van der Waals surface area contributed by atoms with Gasteiger partial charge in [-0.25, -0.2) is 14.8 Å². The number of anilines is 4. The van der Waals surface area contributed by atoms with Crippen LogP contribution < -0.4 is 10.6 Å². The Hall–Kier alpha value is -4.01. The summed E-state index contributed by atoms with van der Waals surface area (Å²) in [6.07, 6.45) is 1.24. The van der Waals surface area contributed by atoms with Crippen LogP contribution in [0.3, 0.4) is 0 Å². The molecule has 0 fully saturated rings. The molecule has 154 valence electrons. The SMILES string of the molecule is COC(=O)c1ccc(Nc2ncnc(Nc3ccc(C(C)C)cc3)c2[N+](=O)[O-])cc1. The van der Waals surface area contributed by atoms with Crippen molar-refractivity contribution < 1.29 is 14.5 Å². The van der Waals surface area contributed by atoms with E-state index in [1.165, 1.54) is 13.4 Å². The zero-order valence-corrected chi connectivity index (χ0v) is 16.7. The quantitative estimate of drug-likeness (QED) is 0.326. The van der Waals surface area contributed by atoms with E-state index in [0.29, 0.717) is 22.9 Å². The van der Waals surface area contributed by atoms with E-state index in [9.17, 15) is 14.9 Å². The summed E-state index contributed by atoms with van der Waals surface area (Å²) in [7, 11) is 1.30. The number of rotatable bonds is 7. The highest BCUT2D eigenvalue weighted by molar-refractivity contribution is 5.90. The minimum atomic E-state index is -0.546. The molecule has 0 spiro atoms. The van der Waals surface area contributed by atoms with Crippen LogP contribution >= 0.6 is 0 Å². The summed E-state index contributed by atoms with van der Waals surface area (Å²) in [5.74, 6) is 0.0152. The van der Waals surface area contributed by atoms with Gasteiger partial charge in [-0.3, -0.25) is 10.1 Å². The number of ether oxygens (including phenoxy) is 1. The number of nitrogens with zero attached hydrogens (tertiary/aromatic N) is 3. The van der Waals surface area contributed by atoms with Crippen LogP contribution in [0.2, 0.25) is 0 Å². The highest BCUT2D eigenvalue weighted by Gasteiger charge is 2.23. The molecule has 3 rings (SSSR count). The van der Waals surface area contributed by atoms with Gasteiger partial charge in [-0.15, -0.1) is 0 Å². The second-order valence-corrected chi connectivity index (χ2v) is 6.77. The number of nitro groups is 1. The monoisotopic (exact) mass is 407 g/mol. The molecule has 0 aliphatic heterocycles. The van der Waals surface area contributed by atoms with Crippen molar-refractivity contribution in [2.45, 2.75) is 19.8 Å². The van der Waals surface area contributed by atoms with E-state index in [-0.39, 0.29) is 17.3 Å². The highest BCUT2D eigenvalue weighted by Crippen LogP contribution is 2.33. The minimum absolute atomic E-state index is 0.0297. The van der Waals surface area contributed by atoms with Gasteiger partial charge >= 0.3 is 11.7 Å². The van der Waals surface area contributed by atoms with Gasteiger partial charge in [-0.1, -0.05) is 26.0 Å². The van der Waals surface area contributed by atoms with Crippen LogP contribution in [0.5, 0.6) is 0 Å². The van der Waals surface area contributed by atoms with Gasteiger partial charge in [0.15, 0.2) is 0 Å². The Morgan fingerprint density at radius 1 is 0.967 bits per heavy atom. The van der Waals surface area contributed by atoms with Crippen molar-refractivity contribution in [3.8, 4) is 0 Å². The second kappa shape index (κ2) is 8.99. The average molecular weight is 407 g/mol. The molecule has 3 aromatic rings. The maximum atomic E-state index is 11.7. The molecule has 0 radical (unpaired) electrons. The van der Waals surface area contributed by atoms with Crippen molar-refractivity contribution in [2.24, 2.45) is 0 Å². The van der Waals surface area contributed by atoms with E-state index >= 15 is 0 Å². The summed E-state index contributed by atoms with van der Waals surface area (Å²) >= 11 is 0. The molecular weight excluding hydrogens is 386 g/mol. The number of esters is 1. The number of aromatic nitrogens is 2. The lowest BCUT2D eigenvalue weighted by atomic mass is 10.0. The van der Waals surface area contributed by atoms with E-state index in [2.05, 4.69) is 39.2 Å². The topological polar surface area (TPSA) is 119 Å². The summed E-state index contributed by atoms with van der Waals surface area (Å²) in [5, 5.41) is 17.6. The summed E-state index contributed by atoms with van der Waals surface area (Å²) in [6.45, 7) is 4.18. The van der Waals surface area contributed by atoms with Crippen molar-refractivity contribution in [3.05, 3.63) is 76.1 Å². The predicted octanol–water partition coefficient (Wildman–Crippen LogP) is 4.78. The van der Waals surface area contributed by atoms with Crippen molar-refractivity contribution in [1.29, 1.82) is 0 Å². The number of carbonyl (C=O) groups excluding carboxylic acids is 1. The molecule has 9 nitrogen and oxygen atoms in total. The number of hydrogen-bond acceptors (Lipinski definition) is 8. The van der Waals surface area contributed by atoms with Gasteiger partial charge in [0.1, 0.15) is 6.33 Å². The zero-order chi connectivity index (χ0) is 21.7. The van der Waals surface area contributed by atoms with Gasteiger partial charge < -0.3 is 15.4 Å². The standard InChI is InChI=1S/C21H21N5O4/c1-13(2)14-4-8-16(9-5-14)24-19-18(26(28)29)20(23-12-22-19)25-17-10-6-15(7-11-17)21(27)30-3/h4-13H,1-3H3,(H2,22,23,24,25). The van der Waals surface area contributed by atoms with Crippen LogP contribution in [0, 0.1) is 10.1 Å². The van der Waals surface area contributed by atoms with Crippen molar-refractivity contribution >= 4 is 34.7 Å². The first-order valence-electron chi connectivity index (χ1n) is 9.20. The lowest BCUT2D eigenvalue weighted by Crippen LogP contribution is -2.06. The van der Waals surface area contributed by atoms with Gasteiger partial charge in [0.25, 0.3) is 0 Å². The van der Waals surface area contributed by atoms with Gasteiger partial charge in [-0.2, -0.15) is 0 Å². The number of hydrogen-bond donors (Lipinski definition) is 2. The van der Waals surface area contributed by atoms with E-state index < -0.39 is 10.9 Å². The Morgan fingerprint density at radius 3 is 1.90 bits per heavy atom. The molecule has 0 saturated carbocycles. The molecule has 0 atom stereocenters. The van der Waals surface area contributed by atoms with Gasteiger partial charge in [0.05, 0.1) is 17.6 Å². The average Bonchev–Trinajstić information content (AvgIpc) is 2.74. The van der Waals surface area contributed by atoms with E-state index in [1.54, 1.807) is 24.3 Å². The van der Waals surface area contributed by atoms with Crippen molar-refractivity contribution in [2.75, 3.05) is 17.7 Å². The molecule has 2 N–H and O–H groups in total. The second-order valence-electron chi connectivity index (χ2n) is 6.77. The largest absolute Gasteiger partial charge is 0.465 e. The van der Waals surface area contributed by atoms with E-state index in [0.717, 1.165) is 5.56 Å². The summed E-state index contributed by atoms with van der Waals surface area (Å²) < 4.78 is 4.66. The Kier molecular flexibility index (Phi) is 6.21. The summed E-state index contributed by atoms with van der Waals surface area (Å²) in [6, 6.07) is 13.9. The third-order valence-corrected chi connectivity index (χ3v) is 4.41. The maximum Gasteiger partial charge on any atom is 0.353 e. The molecule has 0 bridgehead atoms. The molecule has 0 unspecified atom stereocenters. The normalized spacial score (nSPS) is 10.5. The fourth-order valence-electron chi connectivity index (χ4n) is 2.77. The first-order valence-corrected chi connectivity index (χ1v) is 9.20. The van der Waals surface area contributed by atoms with Crippen LogP contribution in [0.1, 0.15) is 35.7 Å². The van der Waals surface area contributed by atoms with E-state index in [1.807, 2.05) is 24.3 Å². The molecule has 0 aliphatic carbocycles. The van der Waals surface area contributed by atoms with Gasteiger partial charge in [0.2, 0.25) is 11.6 Å². The van der Waals surface area contributed by atoms with Crippen molar-refractivity contribution in [3.63, 3.8) is 0 Å². The summed E-state index contributed by atoms with van der Waals surface area (Å²) in [5.41, 5.74) is 2.44.